The molecule has 0 radical (unpaired) electrons. The highest BCUT2D eigenvalue weighted by Crippen LogP contribution is 2.31. The standard InChI is InChI=1S/C17H19N5O3S2/c1-20-14(5-6-18-20)16(23)21-7-9-22(10-8-21)17-19-13-4-3-12(27(2,24)25)11-15(13)26-17/h3-6,11H,7-10H2,1-2H3. The maximum Gasteiger partial charge on any atom is 0.272 e. The average Bonchev–Trinajstić information content (AvgIpc) is 3.25. The number of thiazole rings is 1. The van der Waals surface area contributed by atoms with E-state index in [1.165, 1.54) is 17.6 Å². The quantitative estimate of drug-likeness (QED) is 0.654. The maximum absolute atomic E-state index is 12.6. The zero-order valence-corrected chi connectivity index (χ0v) is 16.6. The number of nitrogens with zero attached hydrogens (tertiary/aromatic N) is 5. The minimum Gasteiger partial charge on any atom is -0.345 e. The van der Waals surface area contributed by atoms with Crippen LogP contribution in [0.2, 0.25) is 0 Å². The van der Waals surface area contributed by atoms with Crippen molar-refractivity contribution < 1.29 is 13.2 Å². The first kappa shape index (κ1) is 17.9. The molecule has 1 fully saturated rings. The van der Waals surface area contributed by atoms with Crippen LogP contribution >= 0.6 is 11.3 Å². The molecule has 0 spiro atoms. The van der Waals surface area contributed by atoms with Crippen LogP contribution in [0.4, 0.5) is 5.13 Å². The van der Waals surface area contributed by atoms with Crippen LogP contribution in [0.15, 0.2) is 35.4 Å². The Morgan fingerprint density at radius 3 is 2.52 bits per heavy atom. The first-order valence-electron chi connectivity index (χ1n) is 8.46. The molecule has 3 aromatic rings. The second-order valence-corrected chi connectivity index (χ2v) is 9.54. The predicted molar refractivity (Wildman–Crippen MR) is 104 cm³/mol. The molecule has 142 valence electrons. The zero-order valence-electron chi connectivity index (χ0n) is 15.0. The van der Waals surface area contributed by atoms with Crippen LogP contribution in [0.5, 0.6) is 0 Å². The summed E-state index contributed by atoms with van der Waals surface area (Å²) in [5.41, 5.74) is 1.37. The van der Waals surface area contributed by atoms with Gasteiger partial charge in [0.25, 0.3) is 5.91 Å². The van der Waals surface area contributed by atoms with E-state index in [1.54, 1.807) is 42.2 Å². The van der Waals surface area contributed by atoms with E-state index in [0.717, 1.165) is 15.3 Å². The molecule has 1 amide bonds. The first-order valence-corrected chi connectivity index (χ1v) is 11.2. The van der Waals surface area contributed by atoms with E-state index in [9.17, 15) is 13.2 Å². The van der Waals surface area contributed by atoms with Crippen LogP contribution in [0, 0.1) is 0 Å². The number of benzene rings is 1. The lowest BCUT2D eigenvalue weighted by molar-refractivity contribution is 0.0735. The molecular weight excluding hydrogens is 386 g/mol. The number of aryl methyl sites for hydroxylation is 1. The van der Waals surface area contributed by atoms with Gasteiger partial charge in [0.05, 0.1) is 15.1 Å². The maximum atomic E-state index is 12.6. The molecule has 27 heavy (non-hydrogen) atoms. The molecule has 8 nitrogen and oxygen atoms in total. The molecule has 4 rings (SSSR count). The summed E-state index contributed by atoms with van der Waals surface area (Å²) in [6, 6.07) is 6.73. The summed E-state index contributed by atoms with van der Waals surface area (Å²) in [5, 5.41) is 4.90. The molecular formula is C17H19N5O3S2. The lowest BCUT2D eigenvalue weighted by Gasteiger charge is -2.34. The number of aromatic nitrogens is 3. The van der Waals surface area contributed by atoms with Crippen molar-refractivity contribution in [1.82, 2.24) is 19.7 Å². The number of hydrogen-bond acceptors (Lipinski definition) is 7. The number of fused-ring (bicyclic) bond motifs is 1. The van der Waals surface area contributed by atoms with Gasteiger partial charge in [-0.25, -0.2) is 13.4 Å². The Hall–Kier alpha value is -2.46. The van der Waals surface area contributed by atoms with Crippen molar-refractivity contribution in [2.45, 2.75) is 4.90 Å². The van der Waals surface area contributed by atoms with Crippen molar-refractivity contribution in [3.8, 4) is 0 Å². The van der Waals surface area contributed by atoms with Crippen molar-refractivity contribution in [2.24, 2.45) is 7.05 Å². The van der Waals surface area contributed by atoms with Gasteiger partial charge in [0.15, 0.2) is 15.0 Å². The van der Waals surface area contributed by atoms with Crippen LogP contribution in [0.3, 0.4) is 0 Å². The van der Waals surface area contributed by atoms with E-state index in [4.69, 9.17) is 0 Å². The summed E-state index contributed by atoms with van der Waals surface area (Å²) in [6.07, 6.45) is 2.82. The Morgan fingerprint density at radius 2 is 1.89 bits per heavy atom. The molecule has 10 heteroatoms. The van der Waals surface area contributed by atoms with Gasteiger partial charge < -0.3 is 9.80 Å². The molecule has 1 aromatic carbocycles. The SMILES string of the molecule is Cn1nccc1C(=O)N1CCN(c2nc3ccc(S(C)(=O)=O)cc3s2)CC1. The van der Waals surface area contributed by atoms with Gasteiger partial charge in [-0.1, -0.05) is 11.3 Å². The molecule has 0 aliphatic carbocycles. The number of amides is 1. The lowest BCUT2D eigenvalue weighted by atomic mass is 10.3. The van der Waals surface area contributed by atoms with Crippen LogP contribution in [0.25, 0.3) is 10.2 Å². The van der Waals surface area contributed by atoms with Crippen LogP contribution in [-0.2, 0) is 16.9 Å². The highest BCUT2D eigenvalue weighted by molar-refractivity contribution is 7.90. The summed E-state index contributed by atoms with van der Waals surface area (Å²) < 4.78 is 25.9. The van der Waals surface area contributed by atoms with E-state index in [2.05, 4.69) is 15.0 Å². The topological polar surface area (TPSA) is 88.4 Å². The largest absolute Gasteiger partial charge is 0.345 e. The van der Waals surface area contributed by atoms with Gasteiger partial charge in [0.1, 0.15) is 5.69 Å². The Kier molecular flexibility index (Phi) is 4.39. The minimum absolute atomic E-state index is 0.0169. The Bertz CT molecular complexity index is 1110. The number of carbonyl (C=O) groups is 1. The summed E-state index contributed by atoms with van der Waals surface area (Å²) in [5.74, 6) is -0.0169. The molecule has 0 atom stereocenters. The fourth-order valence-electron chi connectivity index (χ4n) is 3.11. The van der Waals surface area contributed by atoms with E-state index >= 15 is 0 Å². The summed E-state index contributed by atoms with van der Waals surface area (Å²) in [4.78, 5) is 21.5. The van der Waals surface area contributed by atoms with Crippen LogP contribution < -0.4 is 4.90 Å². The van der Waals surface area contributed by atoms with Gasteiger partial charge in [-0.3, -0.25) is 9.48 Å². The summed E-state index contributed by atoms with van der Waals surface area (Å²) >= 11 is 1.48. The minimum atomic E-state index is -3.24. The van der Waals surface area contributed by atoms with E-state index in [0.29, 0.717) is 36.8 Å². The van der Waals surface area contributed by atoms with Gasteiger partial charge in [0, 0.05) is 45.7 Å². The first-order chi connectivity index (χ1) is 12.8. The van der Waals surface area contributed by atoms with E-state index < -0.39 is 9.84 Å². The molecule has 0 bridgehead atoms. The van der Waals surface area contributed by atoms with Gasteiger partial charge in [0.2, 0.25) is 0 Å². The van der Waals surface area contributed by atoms with Crippen molar-refractivity contribution in [3.05, 3.63) is 36.2 Å². The fraction of sp³-hybridized carbons (Fsp3) is 0.353. The second-order valence-electron chi connectivity index (χ2n) is 6.52. The number of anilines is 1. The Labute approximate surface area is 160 Å². The molecule has 1 aliphatic heterocycles. The zero-order chi connectivity index (χ0) is 19.2. The Morgan fingerprint density at radius 1 is 1.15 bits per heavy atom. The summed E-state index contributed by atoms with van der Waals surface area (Å²) in [6.45, 7) is 2.58. The third-order valence-electron chi connectivity index (χ3n) is 4.65. The number of carbonyl (C=O) groups excluding carboxylic acids is 1. The van der Waals surface area contributed by atoms with Gasteiger partial charge >= 0.3 is 0 Å². The van der Waals surface area contributed by atoms with Crippen molar-refractivity contribution in [1.29, 1.82) is 0 Å². The van der Waals surface area contributed by atoms with Gasteiger partial charge in [-0.15, -0.1) is 0 Å². The molecule has 0 saturated carbocycles. The third kappa shape index (κ3) is 3.42. The molecule has 0 unspecified atom stereocenters. The highest BCUT2D eigenvalue weighted by atomic mass is 32.2. The molecule has 3 heterocycles. The van der Waals surface area contributed by atoms with Crippen LogP contribution in [0.1, 0.15) is 10.5 Å². The fourth-order valence-corrected chi connectivity index (χ4v) is 4.88. The van der Waals surface area contributed by atoms with Crippen molar-refractivity contribution in [2.75, 3.05) is 37.3 Å². The van der Waals surface area contributed by atoms with Crippen molar-refractivity contribution in [3.63, 3.8) is 0 Å². The molecule has 1 aliphatic rings. The molecule has 2 aromatic heterocycles. The van der Waals surface area contributed by atoms with E-state index in [-0.39, 0.29) is 5.91 Å². The second kappa shape index (κ2) is 6.61. The number of sulfone groups is 1. The van der Waals surface area contributed by atoms with E-state index in [1.807, 2.05) is 4.90 Å². The van der Waals surface area contributed by atoms with Crippen molar-refractivity contribution >= 4 is 42.4 Å². The predicted octanol–water partition coefficient (Wildman–Crippen LogP) is 1.40. The van der Waals surface area contributed by atoms with Gasteiger partial charge in [-0.2, -0.15) is 5.10 Å². The average molecular weight is 406 g/mol. The number of rotatable bonds is 3. The molecule has 0 N–H and O–H groups in total. The third-order valence-corrected chi connectivity index (χ3v) is 6.84. The molecule has 1 saturated heterocycles. The normalized spacial score (nSPS) is 15.5. The lowest BCUT2D eigenvalue weighted by Crippen LogP contribution is -2.49. The monoisotopic (exact) mass is 405 g/mol. The number of piperazine rings is 1. The Balaban J connectivity index is 1.49. The highest BCUT2D eigenvalue weighted by Gasteiger charge is 2.25. The van der Waals surface area contributed by atoms with Crippen LogP contribution in [-0.4, -0.2) is 66.4 Å². The van der Waals surface area contributed by atoms with Gasteiger partial charge in [-0.05, 0) is 24.3 Å². The smallest absolute Gasteiger partial charge is 0.272 e. The summed E-state index contributed by atoms with van der Waals surface area (Å²) in [7, 11) is -1.48. The number of hydrogen-bond donors (Lipinski definition) is 0.